The van der Waals surface area contributed by atoms with Crippen LogP contribution in [0.25, 0.3) is 0 Å². The number of nitrogens with one attached hydrogen (secondary N) is 1. The van der Waals surface area contributed by atoms with Crippen LogP contribution in [0.1, 0.15) is 50.8 Å². The largest absolute Gasteiger partial charge is 0.377 e. The van der Waals surface area contributed by atoms with Crippen LogP contribution in [0, 0.1) is 5.92 Å². The van der Waals surface area contributed by atoms with E-state index in [0.717, 1.165) is 29.7 Å². The number of ether oxygens (including phenoxy) is 1. The molecule has 0 fully saturated rings. The Balaban J connectivity index is 2.45. The summed E-state index contributed by atoms with van der Waals surface area (Å²) in [6, 6.07) is 15.8. The van der Waals surface area contributed by atoms with Gasteiger partial charge in [-0.15, -0.1) is 0 Å². The van der Waals surface area contributed by atoms with Crippen LogP contribution in [0.2, 0.25) is 0 Å². The van der Waals surface area contributed by atoms with Gasteiger partial charge in [0.15, 0.2) is 0 Å². The highest BCUT2D eigenvalue weighted by Crippen LogP contribution is 2.30. The number of amides is 2. The molecule has 2 aromatic carbocycles. The molecule has 2 aromatic rings. The Labute approximate surface area is 192 Å². The number of nitrogens with zero attached hydrogens (tertiary/aromatic N) is 2. The summed E-state index contributed by atoms with van der Waals surface area (Å²) >= 11 is 0. The normalized spacial score (nSPS) is 11.8. The van der Waals surface area contributed by atoms with Crippen molar-refractivity contribution in [3.8, 4) is 0 Å². The molecule has 0 radical (unpaired) electrons. The Kier molecular flexibility index (Phi) is 9.72. The first kappa shape index (κ1) is 25.4. The number of anilines is 2. The average molecular weight is 440 g/mol. The maximum Gasteiger partial charge on any atom is 0.250 e. The number of rotatable bonds is 11. The molecule has 6 heteroatoms. The molecule has 0 aliphatic rings. The quantitative estimate of drug-likeness (QED) is 0.543. The molecule has 0 saturated heterocycles. The third-order valence-electron chi connectivity index (χ3n) is 5.83. The fourth-order valence-corrected chi connectivity index (χ4v) is 3.93. The number of carbonyl (C=O) groups is 2. The van der Waals surface area contributed by atoms with Crippen molar-refractivity contribution in [2.24, 2.45) is 5.92 Å². The monoisotopic (exact) mass is 439 g/mol. The maximum absolute atomic E-state index is 13.6. The van der Waals surface area contributed by atoms with Crippen molar-refractivity contribution in [1.82, 2.24) is 4.90 Å². The van der Waals surface area contributed by atoms with Gasteiger partial charge in [0.25, 0.3) is 0 Å². The van der Waals surface area contributed by atoms with Crippen molar-refractivity contribution in [2.75, 3.05) is 38.0 Å². The van der Waals surface area contributed by atoms with Crippen LogP contribution in [0.3, 0.4) is 0 Å². The molecule has 2 rings (SSSR count). The summed E-state index contributed by atoms with van der Waals surface area (Å²) in [6.45, 7) is 6.65. The van der Waals surface area contributed by atoms with E-state index in [2.05, 4.69) is 38.2 Å². The molecule has 174 valence electrons. The van der Waals surface area contributed by atoms with E-state index in [1.54, 1.807) is 0 Å². The number of benzene rings is 2. The molecule has 0 bridgehead atoms. The molecule has 0 heterocycles. The topological polar surface area (TPSA) is 61.9 Å². The zero-order valence-electron chi connectivity index (χ0n) is 20.2. The van der Waals surface area contributed by atoms with Gasteiger partial charge in [-0.3, -0.25) is 9.59 Å². The Morgan fingerprint density at radius 1 is 1.03 bits per heavy atom. The van der Waals surface area contributed by atoms with E-state index >= 15 is 0 Å². The van der Waals surface area contributed by atoms with Gasteiger partial charge in [0, 0.05) is 45.0 Å². The zero-order valence-corrected chi connectivity index (χ0v) is 20.2. The molecule has 0 unspecified atom stereocenters. The lowest BCUT2D eigenvalue weighted by molar-refractivity contribution is -0.138. The van der Waals surface area contributed by atoms with Crippen LogP contribution in [-0.2, 0) is 20.9 Å². The summed E-state index contributed by atoms with van der Waals surface area (Å²) in [6.07, 6.45) is 1.61. The first-order valence-corrected chi connectivity index (χ1v) is 11.3. The Morgan fingerprint density at radius 3 is 2.25 bits per heavy atom. The average Bonchev–Trinajstić information content (AvgIpc) is 2.78. The van der Waals surface area contributed by atoms with Gasteiger partial charge < -0.3 is 19.9 Å². The van der Waals surface area contributed by atoms with Crippen LogP contribution < -0.4 is 10.2 Å². The molecule has 0 saturated carbocycles. The summed E-state index contributed by atoms with van der Waals surface area (Å²) < 4.78 is 4.92. The van der Waals surface area contributed by atoms with E-state index in [1.807, 2.05) is 60.3 Å². The molecule has 0 aliphatic heterocycles. The van der Waals surface area contributed by atoms with Crippen molar-refractivity contribution in [2.45, 2.75) is 46.2 Å². The van der Waals surface area contributed by atoms with Crippen molar-refractivity contribution in [1.29, 1.82) is 0 Å². The molecule has 0 spiro atoms. The standard InChI is InChI=1S/C26H37N3O3/c1-7-20(8-2)26(31)29(19(3)21-12-10-9-11-13-21)17-22-16-23(27-25(30)18-32-6)14-15-24(22)28(4)5/h9-16,19-20H,7-8,17-18H2,1-6H3,(H,27,30)/t19-/m1/s1. The lowest BCUT2D eigenvalue weighted by Crippen LogP contribution is -2.37. The van der Waals surface area contributed by atoms with Gasteiger partial charge in [-0.2, -0.15) is 0 Å². The highest BCUT2D eigenvalue weighted by Gasteiger charge is 2.27. The van der Waals surface area contributed by atoms with Gasteiger partial charge in [0.05, 0.1) is 6.04 Å². The lowest BCUT2D eigenvalue weighted by atomic mass is 9.98. The van der Waals surface area contributed by atoms with E-state index in [4.69, 9.17) is 4.74 Å². The smallest absolute Gasteiger partial charge is 0.250 e. The molecule has 32 heavy (non-hydrogen) atoms. The molecule has 0 aromatic heterocycles. The van der Waals surface area contributed by atoms with Crippen LogP contribution in [0.5, 0.6) is 0 Å². The van der Waals surface area contributed by atoms with Crippen LogP contribution in [0.4, 0.5) is 11.4 Å². The van der Waals surface area contributed by atoms with Gasteiger partial charge in [-0.25, -0.2) is 0 Å². The minimum atomic E-state index is -0.210. The highest BCUT2D eigenvalue weighted by molar-refractivity contribution is 5.92. The second kappa shape index (κ2) is 12.2. The first-order valence-electron chi connectivity index (χ1n) is 11.3. The third-order valence-corrected chi connectivity index (χ3v) is 5.83. The van der Waals surface area contributed by atoms with E-state index in [0.29, 0.717) is 12.2 Å². The zero-order chi connectivity index (χ0) is 23.7. The van der Waals surface area contributed by atoms with E-state index < -0.39 is 0 Å². The molecule has 0 aliphatic carbocycles. The predicted molar refractivity (Wildman–Crippen MR) is 131 cm³/mol. The van der Waals surface area contributed by atoms with Gasteiger partial charge in [0.2, 0.25) is 11.8 Å². The number of hydrogen-bond acceptors (Lipinski definition) is 4. The van der Waals surface area contributed by atoms with Gasteiger partial charge in [-0.05, 0) is 49.1 Å². The van der Waals surface area contributed by atoms with Crippen LogP contribution in [0.15, 0.2) is 48.5 Å². The molecular formula is C26H37N3O3. The predicted octanol–water partition coefficient (Wildman–Crippen LogP) is 4.86. The number of carbonyl (C=O) groups excluding carboxylic acids is 2. The number of methoxy groups -OCH3 is 1. The van der Waals surface area contributed by atoms with Gasteiger partial charge in [-0.1, -0.05) is 44.2 Å². The molecule has 2 amide bonds. The summed E-state index contributed by atoms with van der Waals surface area (Å²) in [7, 11) is 5.46. The minimum absolute atomic E-state index is 0.00486. The second-order valence-electron chi connectivity index (χ2n) is 8.29. The second-order valence-corrected chi connectivity index (χ2v) is 8.29. The fraction of sp³-hybridized carbons (Fsp3) is 0.462. The van der Waals surface area contributed by atoms with E-state index in [1.165, 1.54) is 7.11 Å². The number of hydrogen-bond donors (Lipinski definition) is 1. The summed E-state index contributed by atoms with van der Waals surface area (Å²) in [4.78, 5) is 29.6. The Bertz CT molecular complexity index is 879. The minimum Gasteiger partial charge on any atom is -0.377 e. The van der Waals surface area contributed by atoms with Gasteiger partial charge in [0.1, 0.15) is 6.61 Å². The molecule has 1 atom stereocenters. The fourth-order valence-electron chi connectivity index (χ4n) is 3.93. The Morgan fingerprint density at radius 2 is 1.69 bits per heavy atom. The summed E-state index contributed by atoms with van der Waals surface area (Å²) in [5, 5.41) is 2.87. The van der Waals surface area contributed by atoms with Crippen molar-refractivity contribution in [3.05, 3.63) is 59.7 Å². The molecule has 1 N–H and O–H groups in total. The van der Waals surface area contributed by atoms with Crippen molar-refractivity contribution in [3.63, 3.8) is 0 Å². The summed E-state index contributed by atoms with van der Waals surface area (Å²) in [5.41, 5.74) is 3.78. The Hall–Kier alpha value is -2.86. The maximum atomic E-state index is 13.6. The molecular weight excluding hydrogens is 402 g/mol. The third kappa shape index (κ3) is 6.57. The summed E-state index contributed by atoms with van der Waals surface area (Å²) in [5.74, 6) is -0.0721. The van der Waals surface area contributed by atoms with Crippen LogP contribution in [-0.4, -0.2) is 44.5 Å². The highest BCUT2D eigenvalue weighted by atomic mass is 16.5. The van der Waals surface area contributed by atoms with Crippen molar-refractivity contribution < 1.29 is 14.3 Å². The van der Waals surface area contributed by atoms with E-state index in [-0.39, 0.29) is 30.4 Å². The van der Waals surface area contributed by atoms with Crippen molar-refractivity contribution >= 4 is 23.2 Å². The lowest BCUT2D eigenvalue weighted by Gasteiger charge is -2.34. The molecule has 6 nitrogen and oxygen atoms in total. The van der Waals surface area contributed by atoms with E-state index in [9.17, 15) is 9.59 Å². The first-order chi connectivity index (χ1) is 15.3. The van der Waals surface area contributed by atoms with Crippen LogP contribution >= 0.6 is 0 Å². The SMILES string of the molecule is CCC(CC)C(=O)N(Cc1cc(NC(=O)COC)ccc1N(C)C)[C@H](C)c1ccccc1. The van der Waals surface area contributed by atoms with Gasteiger partial charge >= 0.3 is 0 Å².